The van der Waals surface area contributed by atoms with Gasteiger partial charge in [-0.25, -0.2) is 0 Å². The Morgan fingerprint density at radius 2 is 2.31 bits per heavy atom. The van der Waals surface area contributed by atoms with E-state index in [1.807, 2.05) is 6.07 Å². The number of carbonyl (C=O) groups excluding carboxylic acids is 1. The van der Waals surface area contributed by atoms with E-state index >= 15 is 0 Å². The van der Waals surface area contributed by atoms with Crippen molar-refractivity contribution in [2.75, 3.05) is 7.11 Å². The fourth-order valence-corrected chi connectivity index (χ4v) is 1.24. The maximum absolute atomic E-state index is 10.7. The normalized spacial score (nSPS) is 10.0. The highest BCUT2D eigenvalue weighted by atomic mass is 16.5. The number of aromatic hydroxyl groups is 1. The first-order chi connectivity index (χ1) is 7.72. The summed E-state index contributed by atoms with van der Waals surface area (Å²) < 4.78 is 4.93. The summed E-state index contributed by atoms with van der Waals surface area (Å²) in [5.74, 6) is 0.198. The monoisotopic (exact) mass is 217 g/mol. The lowest BCUT2D eigenvalue weighted by atomic mass is 10.1. The van der Waals surface area contributed by atoms with Gasteiger partial charge in [0.05, 0.1) is 19.6 Å². The average Bonchev–Trinajstić information content (AvgIpc) is 2.31. The van der Waals surface area contributed by atoms with Crippen LogP contribution < -0.4 is 4.74 Å². The number of nitrogens with zero attached hydrogens (tertiary/aromatic N) is 1. The Labute approximate surface area is 93.4 Å². The Morgan fingerprint density at radius 3 is 2.88 bits per heavy atom. The summed E-state index contributed by atoms with van der Waals surface area (Å²) >= 11 is 0. The molecule has 4 heteroatoms. The number of ether oxygens (including phenoxy) is 1. The highest BCUT2D eigenvalue weighted by Crippen LogP contribution is 2.31. The van der Waals surface area contributed by atoms with E-state index < -0.39 is 0 Å². The molecule has 0 saturated carbocycles. The van der Waals surface area contributed by atoms with Gasteiger partial charge < -0.3 is 9.84 Å². The minimum atomic E-state index is -0.0395. The van der Waals surface area contributed by atoms with Crippen LogP contribution >= 0.6 is 0 Å². The zero-order chi connectivity index (χ0) is 12.0. The van der Waals surface area contributed by atoms with Crippen LogP contribution in [0.3, 0.4) is 0 Å². The van der Waals surface area contributed by atoms with E-state index in [0.717, 1.165) is 0 Å². The first kappa shape index (κ1) is 11.8. The number of aldehydes is 1. The molecule has 82 valence electrons. The number of allylic oxidation sites excluding steroid dienone is 1. The van der Waals surface area contributed by atoms with Crippen LogP contribution in [0.15, 0.2) is 18.2 Å². The van der Waals surface area contributed by atoms with Crippen LogP contribution in [-0.2, 0) is 0 Å². The number of hydrogen-bond donors (Lipinski definition) is 1. The molecule has 0 fully saturated rings. The molecule has 1 aromatic rings. The van der Waals surface area contributed by atoms with Crippen molar-refractivity contribution in [3.63, 3.8) is 0 Å². The van der Waals surface area contributed by atoms with Gasteiger partial charge in [-0.2, -0.15) is 5.26 Å². The second kappa shape index (κ2) is 5.56. The van der Waals surface area contributed by atoms with Gasteiger partial charge in [-0.3, -0.25) is 4.79 Å². The van der Waals surface area contributed by atoms with Crippen LogP contribution in [-0.4, -0.2) is 18.5 Å². The minimum absolute atomic E-state index is 0.0395. The maximum atomic E-state index is 10.7. The molecule has 0 heterocycles. The summed E-state index contributed by atoms with van der Waals surface area (Å²) in [6.45, 7) is 0. The zero-order valence-corrected chi connectivity index (χ0v) is 8.80. The van der Waals surface area contributed by atoms with Crippen LogP contribution in [0.1, 0.15) is 22.3 Å². The molecule has 0 bridgehead atoms. The Kier molecular flexibility index (Phi) is 4.10. The smallest absolute Gasteiger partial charge is 0.165 e. The van der Waals surface area contributed by atoms with E-state index in [1.54, 1.807) is 12.2 Å². The highest BCUT2D eigenvalue weighted by Gasteiger charge is 2.07. The van der Waals surface area contributed by atoms with E-state index in [9.17, 15) is 9.90 Å². The fourth-order valence-electron chi connectivity index (χ4n) is 1.24. The van der Waals surface area contributed by atoms with Gasteiger partial charge in [0.25, 0.3) is 0 Å². The quantitative estimate of drug-likeness (QED) is 0.784. The topological polar surface area (TPSA) is 70.3 Å². The molecule has 1 rings (SSSR count). The van der Waals surface area contributed by atoms with Crippen molar-refractivity contribution in [3.05, 3.63) is 29.3 Å². The molecule has 1 aromatic carbocycles. The number of carbonyl (C=O) groups is 1. The molecule has 0 saturated heterocycles. The first-order valence-electron chi connectivity index (χ1n) is 4.62. The van der Waals surface area contributed by atoms with Crippen LogP contribution in [0.5, 0.6) is 11.5 Å². The Balaban J connectivity index is 3.16. The minimum Gasteiger partial charge on any atom is -0.504 e. The summed E-state index contributed by atoms with van der Waals surface area (Å²) in [6.07, 6.45) is 4.09. The lowest BCUT2D eigenvalue weighted by Gasteiger charge is -2.06. The van der Waals surface area contributed by atoms with Gasteiger partial charge in [-0.05, 0) is 12.1 Å². The Morgan fingerprint density at radius 1 is 1.56 bits per heavy atom. The second-order valence-corrected chi connectivity index (χ2v) is 3.04. The number of benzene rings is 1. The summed E-state index contributed by atoms with van der Waals surface area (Å²) in [4.78, 5) is 10.7. The van der Waals surface area contributed by atoms with Crippen molar-refractivity contribution in [2.24, 2.45) is 0 Å². The third-order valence-electron chi connectivity index (χ3n) is 1.99. The van der Waals surface area contributed by atoms with Gasteiger partial charge in [0.1, 0.15) is 6.29 Å². The highest BCUT2D eigenvalue weighted by molar-refractivity contribution is 5.79. The third-order valence-corrected chi connectivity index (χ3v) is 1.99. The summed E-state index contributed by atoms with van der Waals surface area (Å²) in [7, 11) is 1.41. The first-order valence-corrected chi connectivity index (χ1v) is 4.62. The molecule has 0 radical (unpaired) electrons. The number of phenols is 1. The molecular formula is C12H11NO3. The molecule has 0 aliphatic heterocycles. The van der Waals surface area contributed by atoms with E-state index in [2.05, 4.69) is 0 Å². The summed E-state index contributed by atoms with van der Waals surface area (Å²) in [6, 6.07) is 4.92. The van der Waals surface area contributed by atoms with Gasteiger partial charge in [0.15, 0.2) is 11.5 Å². The average molecular weight is 217 g/mol. The Bertz CT molecular complexity index is 458. The van der Waals surface area contributed by atoms with E-state index in [1.165, 1.54) is 19.2 Å². The lowest BCUT2D eigenvalue weighted by Crippen LogP contribution is -1.89. The second-order valence-electron chi connectivity index (χ2n) is 3.04. The van der Waals surface area contributed by atoms with Gasteiger partial charge in [-0.15, -0.1) is 0 Å². The molecule has 0 aliphatic rings. The predicted molar refractivity (Wildman–Crippen MR) is 59.3 cm³/mol. The van der Waals surface area contributed by atoms with E-state index in [-0.39, 0.29) is 17.9 Å². The van der Waals surface area contributed by atoms with Crippen LogP contribution in [0.25, 0.3) is 6.08 Å². The zero-order valence-electron chi connectivity index (χ0n) is 8.80. The number of rotatable bonds is 4. The number of methoxy groups -OCH3 is 1. The summed E-state index contributed by atoms with van der Waals surface area (Å²) in [5, 5.41) is 18.1. The van der Waals surface area contributed by atoms with Crippen molar-refractivity contribution < 1.29 is 14.6 Å². The van der Waals surface area contributed by atoms with Crippen LogP contribution in [0.2, 0.25) is 0 Å². The van der Waals surface area contributed by atoms with Gasteiger partial charge in [0.2, 0.25) is 0 Å². The molecule has 1 N–H and O–H groups in total. The number of hydrogen-bond acceptors (Lipinski definition) is 4. The maximum Gasteiger partial charge on any atom is 0.165 e. The molecule has 0 unspecified atom stereocenters. The standard InChI is InChI=1S/C12H11NO3/c1-16-11-7-9(8-14)6-10(12(11)15)4-2-3-5-13/h2,4,6-8,15H,3H2,1H3. The molecular weight excluding hydrogens is 206 g/mol. The van der Waals surface area contributed by atoms with E-state index in [0.29, 0.717) is 17.4 Å². The summed E-state index contributed by atoms with van der Waals surface area (Å²) in [5.41, 5.74) is 0.864. The molecule has 0 aliphatic carbocycles. The van der Waals surface area contributed by atoms with Gasteiger partial charge in [-0.1, -0.05) is 12.2 Å². The molecule has 0 aromatic heterocycles. The largest absolute Gasteiger partial charge is 0.504 e. The number of nitriles is 1. The van der Waals surface area contributed by atoms with Gasteiger partial charge >= 0.3 is 0 Å². The van der Waals surface area contributed by atoms with Crippen molar-refractivity contribution >= 4 is 12.4 Å². The van der Waals surface area contributed by atoms with Crippen molar-refractivity contribution in [3.8, 4) is 17.6 Å². The molecule has 0 amide bonds. The predicted octanol–water partition coefficient (Wildman–Crippen LogP) is 2.14. The van der Waals surface area contributed by atoms with Crippen molar-refractivity contribution in [1.82, 2.24) is 0 Å². The molecule has 16 heavy (non-hydrogen) atoms. The SMILES string of the molecule is COc1cc(C=O)cc(C=CCC#N)c1O. The third kappa shape index (κ3) is 2.61. The lowest BCUT2D eigenvalue weighted by molar-refractivity contribution is 0.112. The Hall–Kier alpha value is -2.28. The molecule has 0 spiro atoms. The molecule has 0 atom stereocenters. The van der Waals surface area contributed by atoms with E-state index in [4.69, 9.17) is 10.00 Å². The van der Waals surface area contributed by atoms with Crippen molar-refractivity contribution in [1.29, 1.82) is 5.26 Å². The molecule has 4 nitrogen and oxygen atoms in total. The van der Waals surface area contributed by atoms with Crippen molar-refractivity contribution in [2.45, 2.75) is 6.42 Å². The van der Waals surface area contributed by atoms with Crippen LogP contribution in [0.4, 0.5) is 0 Å². The van der Waals surface area contributed by atoms with Crippen LogP contribution in [0, 0.1) is 11.3 Å². The van der Waals surface area contributed by atoms with Gasteiger partial charge in [0, 0.05) is 11.1 Å². The fraction of sp³-hybridized carbons (Fsp3) is 0.167. The number of phenolic OH excluding ortho intramolecular Hbond substituents is 1.